The number of rotatable bonds is 4. The Labute approximate surface area is 116 Å². The van der Waals surface area contributed by atoms with Gasteiger partial charge in [-0.1, -0.05) is 12.8 Å². The van der Waals surface area contributed by atoms with E-state index in [-0.39, 0.29) is 5.60 Å². The van der Waals surface area contributed by atoms with Crippen LogP contribution in [-0.4, -0.2) is 31.0 Å². The zero-order valence-electron chi connectivity index (χ0n) is 11.9. The van der Waals surface area contributed by atoms with Gasteiger partial charge in [0.05, 0.1) is 11.7 Å². The van der Waals surface area contributed by atoms with Gasteiger partial charge in [0.25, 0.3) is 0 Å². The third-order valence-corrected chi connectivity index (χ3v) is 5.37. The number of hydrogen-bond acceptors (Lipinski definition) is 4. The highest BCUT2D eigenvalue weighted by molar-refractivity contribution is 4.94. The first-order valence-electron chi connectivity index (χ1n) is 8.03. The van der Waals surface area contributed by atoms with Crippen LogP contribution in [0.25, 0.3) is 0 Å². The predicted octanol–water partition coefficient (Wildman–Crippen LogP) is 2.13. The minimum atomic E-state index is 0.189. The Morgan fingerprint density at radius 1 is 1.16 bits per heavy atom. The van der Waals surface area contributed by atoms with Crippen LogP contribution in [0.3, 0.4) is 0 Å². The third-order valence-electron chi connectivity index (χ3n) is 5.37. The molecule has 0 radical (unpaired) electrons. The number of ether oxygens (including phenoxy) is 2. The molecule has 0 aromatic heterocycles. The zero-order valence-corrected chi connectivity index (χ0v) is 11.9. The molecule has 110 valence electrons. The highest BCUT2D eigenvalue weighted by Gasteiger charge is 2.42. The molecule has 3 aliphatic rings. The van der Waals surface area contributed by atoms with Gasteiger partial charge in [-0.25, -0.2) is 0 Å². The number of hydrazine groups is 1. The SMILES string of the molecule is NNC(CC1CCCO1)C1CCOC2(CCCC2)C1. The highest BCUT2D eigenvalue weighted by atomic mass is 16.5. The van der Waals surface area contributed by atoms with Crippen molar-refractivity contribution in [2.24, 2.45) is 11.8 Å². The summed E-state index contributed by atoms with van der Waals surface area (Å²) in [5, 5.41) is 0. The van der Waals surface area contributed by atoms with Gasteiger partial charge in [0.1, 0.15) is 0 Å². The molecule has 3 N–H and O–H groups in total. The van der Waals surface area contributed by atoms with Gasteiger partial charge in [0, 0.05) is 19.3 Å². The second-order valence-electron chi connectivity index (χ2n) is 6.64. The number of nitrogens with one attached hydrogen (secondary N) is 1. The van der Waals surface area contributed by atoms with Crippen LogP contribution in [0.5, 0.6) is 0 Å². The summed E-state index contributed by atoms with van der Waals surface area (Å²) < 4.78 is 11.9. The molecule has 0 aromatic carbocycles. The van der Waals surface area contributed by atoms with Crippen LogP contribution in [0.4, 0.5) is 0 Å². The van der Waals surface area contributed by atoms with E-state index in [0.717, 1.165) is 26.1 Å². The molecule has 19 heavy (non-hydrogen) atoms. The maximum Gasteiger partial charge on any atom is 0.0685 e. The molecule has 2 heterocycles. The van der Waals surface area contributed by atoms with Crippen molar-refractivity contribution in [3.63, 3.8) is 0 Å². The molecule has 4 heteroatoms. The molecule has 4 nitrogen and oxygen atoms in total. The average molecular weight is 268 g/mol. The summed E-state index contributed by atoms with van der Waals surface area (Å²) in [5.74, 6) is 6.48. The topological polar surface area (TPSA) is 56.5 Å². The summed E-state index contributed by atoms with van der Waals surface area (Å²) in [5.41, 5.74) is 3.26. The second kappa shape index (κ2) is 6.08. The lowest BCUT2D eigenvalue weighted by atomic mass is 9.79. The van der Waals surface area contributed by atoms with Crippen LogP contribution < -0.4 is 11.3 Å². The molecule has 3 atom stereocenters. The van der Waals surface area contributed by atoms with Crippen molar-refractivity contribution in [1.29, 1.82) is 0 Å². The van der Waals surface area contributed by atoms with E-state index in [0.29, 0.717) is 18.1 Å². The van der Waals surface area contributed by atoms with Crippen LogP contribution in [0.2, 0.25) is 0 Å². The predicted molar refractivity (Wildman–Crippen MR) is 74.6 cm³/mol. The maximum absolute atomic E-state index is 6.12. The van der Waals surface area contributed by atoms with Crippen LogP contribution in [-0.2, 0) is 9.47 Å². The number of hydrogen-bond donors (Lipinski definition) is 2. The van der Waals surface area contributed by atoms with Crippen LogP contribution in [0.15, 0.2) is 0 Å². The highest BCUT2D eigenvalue weighted by Crippen LogP contribution is 2.43. The lowest BCUT2D eigenvalue weighted by Crippen LogP contribution is -2.49. The van der Waals surface area contributed by atoms with Gasteiger partial charge in [0.2, 0.25) is 0 Å². The van der Waals surface area contributed by atoms with E-state index in [1.54, 1.807) is 0 Å². The van der Waals surface area contributed by atoms with Crippen molar-refractivity contribution in [2.45, 2.75) is 75.5 Å². The Morgan fingerprint density at radius 2 is 2.00 bits per heavy atom. The molecule has 0 amide bonds. The summed E-state index contributed by atoms with van der Waals surface area (Å²) in [6, 6.07) is 0.393. The molecule has 2 aliphatic heterocycles. The monoisotopic (exact) mass is 268 g/mol. The maximum atomic E-state index is 6.12. The van der Waals surface area contributed by atoms with Gasteiger partial charge in [-0.3, -0.25) is 11.3 Å². The normalized spacial score (nSPS) is 35.8. The molecule has 3 rings (SSSR count). The Morgan fingerprint density at radius 3 is 2.68 bits per heavy atom. The minimum Gasteiger partial charge on any atom is -0.378 e. The van der Waals surface area contributed by atoms with Gasteiger partial charge in [-0.05, 0) is 50.9 Å². The van der Waals surface area contributed by atoms with E-state index in [2.05, 4.69) is 5.43 Å². The first-order valence-corrected chi connectivity index (χ1v) is 8.03. The Bertz CT molecular complexity index is 286. The average Bonchev–Trinajstić information content (AvgIpc) is 3.08. The van der Waals surface area contributed by atoms with Gasteiger partial charge in [-0.2, -0.15) is 0 Å². The summed E-state index contributed by atoms with van der Waals surface area (Å²) >= 11 is 0. The first-order chi connectivity index (χ1) is 9.31. The fourth-order valence-electron chi connectivity index (χ4n) is 4.29. The largest absolute Gasteiger partial charge is 0.378 e. The zero-order chi connectivity index (χ0) is 13.1. The van der Waals surface area contributed by atoms with E-state index in [1.807, 2.05) is 0 Å². The summed E-state index contributed by atoms with van der Waals surface area (Å²) in [4.78, 5) is 0. The van der Waals surface area contributed by atoms with Gasteiger partial charge in [-0.15, -0.1) is 0 Å². The van der Waals surface area contributed by atoms with Crippen molar-refractivity contribution < 1.29 is 9.47 Å². The minimum absolute atomic E-state index is 0.189. The molecule has 0 bridgehead atoms. The molecule has 1 saturated carbocycles. The van der Waals surface area contributed by atoms with Gasteiger partial charge < -0.3 is 9.47 Å². The summed E-state index contributed by atoms with van der Waals surface area (Å²) in [7, 11) is 0. The van der Waals surface area contributed by atoms with Crippen molar-refractivity contribution in [2.75, 3.05) is 13.2 Å². The molecule has 3 unspecified atom stereocenters. The molecule has 1 aliphatic carbocycles. The van der Waals surface area contributed by atoms with Crippen LogP contribution in [0.1, 0.15) is 57.8 Å². The molecule has 0 aromatic rings. The van der Waals surface area contributed by atoms with Gasteiger partial charge in [0.15, 0.2) is 0 Å². The molecule has 3 fully saturated rings. The van der Waals surface area contributed by atoms with E-state index in [4.69, 9.17) is 15.3 Å². The van der Waals surface area contributed by atoms with Gasteiger partial charge >= 0.3 is 0 Å². The smallest absolute Gasteiger partial charge is 0.0685 e. The Hall–Kier alpha value is -0.160. The summed E-state index contributed by atoms with van der Waals surface area (Å²) in [6.45, 7) is 1.84. The van der Waals surface area contributed by atoms with E-state index >= 15 is 0 Å². The molecule has 2 saturated heterocycles. The standard InChI is InChI=1S/C15H28N2O2/c16-17-14(10-13-4-3-8-18-13)12-5-9-19-15(11-12)6-1-2-7-15/h12-14,17H,1-11,16H2. The molecular formula is C15H28N2O2. The van der Waals surface area contributed by atoms with Crippen molar-refractivity contribution >= 4 is 0 Å². The lowest BCUT2D eigenvalue weighted by molar-refractivity contribution is -0.0999. The Kier molecular flexibility index (Phi) is 4.42. The van der Waals surface area contributed by atoms with Crippen LogP contribution >= 0.6 is 0 Å². The molecule has 1 spiro atoms. The van der Waals surface area contributed by atoms with E-state index < -0.39 is 0 Å². The van der Waals surface area contributed by atoms with Crippen molar-refractivity contribution in [3.05, 3.63) is 0 Å². The first kappa shape index (κ1) is 13.8. The third kappa shape index (κ3) is 3.13. The fourth-order valence-corrected chi connectivity index (χ4v) is 4.29. The Balaban J connectivity index is 1.58. The van der Waals surface area contributed by atoms with Crippen LogP contribution in [0, 0.1) is 5.92 Å². The second-order valence-corrected chi connectivity index (χ2v) is 6.64. The molecular weight excluding hydrogens is 240 g/mol. The number of nitrogens with two attached hydrogens (primary N) is 1. The van der Waals surface area contributed by atoms with Crippen molar-refractivity contribution in [1.82, 2.24) is 5.43 Å². The fraction of sp³-hybridized carbons (Fsp3) is 1.00. The van der Waals surface area contributed by atoms with E-state index in [1.165, 1.54) is 44.9 Å². The van der Waals surface area contributed by atoms with Crippen molar-refractivity contribution in [3.8, 4) is 0 Å². The quantitative estimate of drug-likeness (QED) is 0.606. The summed E-state index contributed by atoms with van der Waals surface area (Å²) in [6.07, 6.45) is 11.4. The lowest BCUT2D eigenvalue weighted by Gasteiger charge is -2.41. The van der Waals surface area contributed by atoms with E-state index in [9.17, 15) is 0 Å².